The predicted octanol–water partition coefficient (Wildman–Crippen LogP) is 2.03. The smallest absolute Gasteiger partial charge is 0.227 e. The summed E-state index contributed by atoms with van der Waals surface area (Å²) in [6.45, 7) is 0. The molecule has 3 rings (SSSR count). The van der Waals surface area contributed by atoms with Crippen LogP contribution in [0.25, 0.3) is 10.8 Å². The van der Waals surface area contributed by atoms with Gasteiger partial charge in [0.05, 0.1) is 17.9 Å². The fourth-order valence-electron chi connectivity index (χ4n) is 3.02. The van der Waals surface area contributed by atoms with E-state index in [0.717, 1.165) is 16.3 Å². The summed E-state index contributed by atoms with van der Waals surface area (Å²) in [7, 11) is -1.27. The van der Waals surface area contributed by atoms with Crippen molar-refractivity contribution in [1.29, 1.82) is 0 Å². The molecule has 0 saturated carbocycles. The van der Waals surface area contributed by atoms with Crippen molar-refractivity contribution in [2.24, 2.45) is 0 Å². The van der Waals surface area contributed by atoms with Crippen molar-refractivity contribution < 1.29 is 13.2 Å². The molecule has 1 saturated heterocycles. The largest absolute Gasteiger partial charge is 0.341 e. The molecule has 1 heterocycles. The standard InChI is InChI=1S/C17H19NO3S/c1-18(15-9-10-22(20,21)12-15)17(19)11-14-7-4-6-13-5-2-3-8-16(13)14/h2-8,15H,9-12H2,1H3/t15-/m1/s1. The number of nitrogens with zero attached hydrogens (tertiary/aromatic N) is 1. The number of benzene rings is 2. The molecule has 0 aliphatic carbocycles. The topological polar surface area (TPSA) is 54.5 Å². The number of amides is 1. The Morgan fingerprint density at radius 1 is 1.18 bits per heavy atom. The molecule has 0 bridgehead atoms. The van der Waals surface area contributed by atoms with E-state index in [4.69, 9.17) is 0 Å². The zero-order valence-electron chi connectivity index (χ0n) is 12.5. The van der Waals surface area contributed by atoms with Crippen molar-refractivity contribution in [3.63, 3.8) is 0 Å². The zero-order valence-corrected chi connectivity index (χ0v) is 13.3. The Morgan fingerprint density at radius 2 is 1.91 bits per heavy atom. The van der Waals surface area contributed by atoms with Gasteiger partial charge < -0.3 is 4.90 Å². The van der Waals surface area contributed by atoms with Gasteiger partial charge in [-0.25, -0.2) is 8.42 Å². The van der Waals surface area contributed by atoms with Gasteiger partial charge in [-0.05, 0) is 22.8 Å². The third kappa shape index (κ3) is 2.99. The van der Waals surface area contributed by atoms with Crippen LogP contribution in [0.5, 0.6) is 0 Å². The van der Waals surface area contributed by atoms with E-state index >= 15 is 0 Å². The molecule has 1 amide bonds. The average molecular weight is 317 g/mol. The molecule has 1 atom stereocenters. The van der Waals surface area contributed by atoms with Gasteiger partial charge in [0.1, 0.15) is 0 Å². The second-order valence-electron chi connectivity index (χ2n) is 5.88. The molecule has 5 heteroatoms. The lowest BCUT2D eigenvalue weighted by atomic mass is 10.0. The minimum atomic E-state index is -2.98. The second-order valence-corrected chi connectivity index (χ2v) is 8.11. The summed E-state index contributed by atoms with van der Waals surface area (Å²) in [6, 6.07) is 13.7. The highest BCUT2D eigenvalue weighted by molar-refractivity contribution is 7.91. The molecule has 0 aromatic heterocycles. The number of carbonyl (C=O) groups excluding carboxylic acids is 1. The normalized spacial score (nSPS) is 20.1. The maximum atomic E-state index is 12.5. The molecule has 2 aromatic rings. The summed E-state index contributed by atoms with van der Waals surface area (Å²) < 4.78 is 23.1. The number of hydrogen-bond donors (Lipinski definition) is 0. The Labute approximate surface area is 130 Å². The number of fused-ring (bicyclic) bond motifs is 1. The lowest BCUT2D eigenvalue weighted by Gasteiger charge is -2.23. The van der Waals surface area contributed by atoms with Crippen LogP contribution in [0.3, 0.4) is 0 Å². The summed E-state index contributed by atoms with van der Waals surface area (Å²) >= 11 is 0. The summed E-state index contributed by atoms with van der Waals surface area (Å²) in [5.74, 6) is 0.243. The number of carbonyl (C=O) groups is 1. The number of rotatable bonds is 3. The van der Waals surface area contributed by atoms with Crippen LogP contribution in [-0.4, -0.2) is 43.8 Å². The van der Waals surface area contributed by atoms with E-state index in [0.29, 0.717) is 12.8 Å². The molecule has 0 N–H and O–H groups in total. The molecule has 1 aliphatic heterocycles. The van der Waals surface area contributed by atoms with E-state index in [1.54, 1.807) is 11.9 Å². The minimum Gasteiger partial charge on any atom is -0.341 e. The average Bonchev–Trinajstić information content (AvgIpc) is 2.87. The van der Waals surface area contributed by atoms with E-state index in [9.17, 15) is 13.2 Å². The Hall–Kier alpha value is -1.88. The molecule has 22 heavy (non-hydrogen) atoms. The monoisotopic (exact) mass is 317 g/mol. The van der Waals surface area contributed by atoms with Gasteiger partial charge in [0.15, 0.2) is 9.84 Å². The van der Waals surface area contributed by atoms with Crippen LogP contribution in [0.1, 0.15) is 12.0 Å². The van der Waals surface area contributed by atoms with E-state index in [1.165, 1.54) is 0 Å². The van der Waals surface area contributed by atoms with Crippen LogP contribution in [0.15, 0.2) is 42.5 Å². The quantitative estimate of drug-likeness (QED) is 0.870. The molecule has 1 aliphatic rings. The minimum absolute atomic E-state index is 0.0292. The maximum Gasteiger partial charge on any atom is 0.227 e. The Kier molecular flexibility index (Phi) is 3.91. The lowest BCUT2D eigenvalue weighted by Crippen LogP contribution is -2.38. The highest BCUT2D eigenvalue weighted by Gasteiger charge is 2.32. The van der Waals surface area contributed by atoms with Crippen LogP contribution in [-0.2, 0) is 21.1 Å². The van der Waals surface area contributed by atoms with Gasteiger partial charge in [0.2, 0.25) is 5.91 Å². The Balaban J connectivity index is 1.79. The first kappa shape index (κ1) is 15.0. The molecule has 116 valence electrons. The van der Waals surface area contributed by atoms with Gasteiger partial charge >= 0.3 is 0 Å². The summed E-state index contributed by atoms with van der Waals surface area (Å²) in [5.41, 5.74) is 0.982. The van der Waals surface area contributed by atoms with Crippen LogP contribution in [0.4, 0.5) is 0 Å². The first-order chi connectivity index (χ1) is 10.5. The molecule has 4 nitrogen and oxygen atoms in total. The maximum absolute atomic E-state index is 12.5. The van der Waals surface area contributed by atoms with Crippen molar-refractivity contribution in [1.82, 2.24) is 4.90 Å². The van der Waals surface area contributed by atoms with Crippen LogP contribution >= 0.6 is 0 Å². The van der Waals surface area contributed by atoms with Gasteiger partial charge in [-0.1, -0.05) is 42.5 Å². The molecular formula is C17H19NO3S. The molecule has 0 radical (unpaired) electrons. The summed E-state index contributed by atoms with van der Waals surface area (Å²) in [5, 5.41) is 2.18. The summed E-state index contributed by atoms with van der Waals surface area (Å²) in [4.78, 5) is 14.1. The fraction of sp³-hybridized carbons (Fsp3) is 0.353. The molecule has 0 spiro atoms. The van der Waals surface area contributed by atoms with Gasteiger partial charge in [0, 0.05) is 13.1 Å². The molecular weight excluding hydrogens is 298 g/mol. The lowest BCUT2D eigenvalue weighted by molar-refractivity contribution is -0.130. The molecule has 2 aromatic carbocycles. The number of sulfone groups is 1. The highest BCUT2D eigenvalue weighted by Crippen LogP contribution is 2.21. The molecule has 0 unspecified atom stereocenters. The van der Waals surface area contributed by atoms with Crippen LogP contribution < -0.4 is 0 Å². The van der Waals surface area contributed by atoms with Gasteiger partial charge in [-0.15, -0.1) is 0 Å². The second kappa shape index (κ2) is 5.72. The third-order valence-electron chi connectivity index (χ3n) is 4.37. The van der Waals surface area contributed by atoms with Gasteiger partial charge in [0.25, 0.3) is 0 Å². The Bertz CT molecular complexity index is 808. The van der Waals surface area contributed by atoms with Crippen molar-refractivity contribution in [3.8, 4) is 0 Å². The molecule has 1 fully saturated rings. The van der Waals surface area contributed by atoms with Gasteiger partial charge in [-0.3, -0.25) is 4.79 Å². The van der Waals surface area contributed by atoms with Crippen molar-refractivity contribution in [2.45, 2.75) is 18.9 Å². The highest BCUT2D eigenvalue weighted by atomic mass is 32.2. The number of hydrogen-bond acceptors (Lipinski definition) is 3. The van der Waals surface area contributed by atoms with Crippen molar-refractivity contribution in [3.05, 3.63) is 48.0 Å². The van der Waals surface area contributed by atoms with E-state index in [2.05, 4.69) is 0 Å². The van der Waals surface area contributed by atoms with Crippen molar-refractivity contribution in [2.75, 3.05) is 18.6 Å². The van der Waals surface area contributed by atoms with Crippen LogP contribution in [0, 0.1) is 0 Å². The van der Waals surface area contributed by atoms with Gasteiger partial charge in [-0.2, -0.15) is 0 Å². The predicted molar refractivity (Wildman–Crippen MR) is 87.5 cm³/mol. The van der Waals surface area contributed by atoms with E-state index in [-0.39, 0.29) is 23.5 Å². The third-order valence-corrected chi connectivity index (χ3v) is 6.12. The van der Waals surface area contributed by atoms with Crippen LogP contribution in [0.2, 0.25) is 0 Å². The van der Waals surface area contributed by atoms with E-state index < -0.39 is 9.84 Å². The first-order valence-corrected chi connectivity index (χ1v) is 9.21. The van der Waals surface area contributed by atoms with E-state index in [1.807, 2.05) is 42.5 Å². The fourth-order valence-corrected chi connectivity index (χ4v) is 4.79. The first-order valence-electron chi connectivity index (χ1n) is 7.39. The van der Waals surface area contributed by atoms with Crippen molar-refractivity contribution >= 4 is 26.5 Å². The Morgan fingerprint density at radius 3 is 2.64 bits per heavy atom. The summed E-state index contributed by atoms with van der Waals surface area (Å²) in [6.07, 6.45) is 0.842. The number of likely N-dealkylation sites (N-methyl/N-ethyl adjacent to an activating group) is 1. The zero-order chi connectivity index (χ0) is 15.7. The SMILES string of the molecule is CN(C(=O)Cc1cccc2ccccc12)[C@@H]1CCS(=O)(=O)C1.